The van der Waals surface area contributed by atoms with E-state index in [4.69, 9.17) is 10.5 Å². The molecule has 0 saturated carbocycles. The first-order valence-corrected chi connectivity index (χ1v) is 6.31. The molecule has 1 fully saturated rings. The monoisotopic (exact) mass is 247 g/mol. The summed E-state index contributed by atoms with van der Waals surface area (Å²) in [6.45, 7) is 8.02. The molecule has 0 radical (unpaired) electrons. The number of Topliss-reactive ketones (excluding diaryl/α,β-unsaturated/α-hetero) is 1. The van der Waals surface area contributed by atoms with Crippen LogP contribution in [0.1, 0.15) is 44.5 Å². The van der Waals surface area contributed by atoms with Crippen LogP contribution in [-0.4, -0.2) is 17.0 Å². The van der Waals surface area contributed by atoms with E-state index in [2.05, 4.69) is 0 Å². The van der Waals surface area contributed by atoms with Gasteiger partial charge in [0.15, 0.2) is 5.78 Å². The van der Waals surface area contributed by atoms with E-state index >= 15 is 0 Å². The molecule has 2 N–H and O–H groups in total. The molecule has 1 aliphatic rings. The van der Waals surface area contributed by atoms with E-state index in [0.717, 1.165) is 6.42 Å². The summed E-state index contributed by atoms with van der Waals surface area (Å²) < 4.78 is 5.97. The van der Waals surface area contributed by atoms with Crippen LogP contribution in [0, 0.1) is 5.92 Å². The van der Waals surface area contributed by atoms with Crippen LogP contribution in [0.25, 0.3) is 0 Å². The third-order valence-corrected chi connectivity index (χ3v) is 3.56. The fraction of sp³-hybridized carbons (Fsp3) is 0.533. The highest BCUT2D eigenvalue weighted by molar-refractivity contribution is 5.99. The van der Waals surface area contributed by atoms with E-state index in [-0.39, 0.29) is 17.3 Å². The molecule has 0 spiro atoms. The quantitative estimate of drug-likeness (QED) is 0.645. The van der Waals surface area contributed by atoms with Crippen molar-refractivity contribution in [3.8, 4) is 0 Å². The average Bonchev–Trinajstić information content (AvgIpc) is 2.45. The number of anilines is 1. The van der Waals surface area contributed by atoms with Gasteiger partial charge in [-0.2, -0.15) is 0 Å². The van der Waals surface area contributed by atoms with E-state index in [1.54, 1.807) is 12.1 Å². The highest BCUT2D eigenvalue weighted by atomic mass is 16.5. The summed E-state index contributed by atoms with van der Waals surface area (Å²) in [6.07, 6.45) is 0.744. The van der Waals surface area contributed by atoms with Gasteiger partial charge < -0.3 is 10.5 Å². The standard InChI is InChI=1S/C15H21NO2/c1-14(2)9-12(15(3,4)18-14)13(17)10-6-5-7-11(16)8-10/h5-8,12H,9,16H2,1-4H3. The summed E-state index contributed by atoms with van der Waals surface area (Å²) >= 11 is 0. The Hall–Kier alpha value is -1.35. The van der Waals surface area contributed by atoms with Gasteiger partial charge in [-0.25, -0.2) is 0 Å². The van der Waals surface area contributed by atoms with Crippen molar-refractivity contribution < 1.29 is 9.53 Å². The van der Waals surface area contributed by atoms with Crippen LogP contribution in [-0.2, 0) is 4.74 Å². The van der Waals surface area contributed by atoms with Gasteiger partial charge in [0.25, 0.3) is 0 Å². The smallest absolute Gasteiger partial charge is 0.168 e. The Balaban J connectivity index is 2.30. The van der Waals surface area contributed by atoms with Crippen molar-refractivity contribution in [2.75, 3.05) is 5.73 Å². The van der Waals surface area contributed by atoms with Gasteiger partial charge in [0.1, 0.15) is 0 Å². The van der Waals surface area contributed by atoms with Gasteiger partial charge in [-0.05, 0) is 46.2 Å². The number of benzene rings is 1. The predicted molar refractivity (Wildman–Crippen MR) is 72.5 cm³/mol. The first-order chi connectivity index (χ1) is 8.21. The van der Waals surface area contributed by atoms with Crippen molar-refractivity contribution in [3.63, 3.8) is 0 Å². The van der Waals surface area contributed by atoms with Crippen molar-refractivity contribution in [1.29, 1.82) is 0 Å². The molecule has 1 saturated heterocycles. The summed E-state index contributed by atoms with van der Waals surface area (Å²) in [5.41, 5.74) is 6.36. The van der Waals surface area contributed by atoms with Crippen LogP contribution in [0.2, 0.25) is 0 Å². The number of nitrogens with two attached hydrogens (primary N) is 1. The van der Waals surface area contributed by atoms with Crippen LogP contribution < -0.4 is 5.73 Å². The Morgan fingerprint density at radius 3 is 2.50 bits per heavy atom. The summed E-state index contributed by atoms with van der Waals surface area (Å²) in [5, 5.41) is 0. The predicted octanol–water partition coefficient (Wildman–Crippen LogP) is 3.05. The molecule has 2 rings (SSSR count). The van der Waals surface area contributed by atoms with Crippen LogP contribution in [0.3, 0.4) is 0 Å². The van der Waals surface area contributed by atoms with Gasteiger partial charge in [0, 0.05) is 11.3 Å². The molecule has 1 aliphatic heterocycles. The van der Waals surface area contributed by atoms with Crippen molar-refractivity contribution in [3.05, 3.63) is 29.8 Å². The number of ether oxygens (including phenoxy) is 1. The Morgan fingerprint density at radius 1 is 1.33 bits per heavy atom. The number of carbonyl (C=O) groups is 1. The van der Waals surface area contributed by atoms with Crippen LogP contribution in [0.5, 0.6) is 0 Å². The zero-order valence-corrected chi connectivity index (χ0v) is 11.5. The van der Waals surface area contributed by atoms with Crippen LogP contribution in [0.15, 0.2) is 24.3 Å². The first-order valence-electron chi connectivity index (χ1n) is 6.31. The lowest BCUT2D eigenvalue weighted by atomic mass is 9.81. The summed E-state index contributed by atoms with van der Waals surface area (Å²) in [7, 11) is 0. The number of hydrogen-bond acceptors (Lipinski definition) is 3. The van der Waals surface area contributed by atoms with Crippen molar-refractivity contribution >= 4 is 11.5 Å². The van der Waals surface area contributed by atoms with E-state index in [0.29, 0.717) is 11.3 Å². The summed E-state index contributed by atoms with van der Waals surface area (Å²) in [5.74, 6) is 0.00664. The van der Waals surface area contributed by atoms with E-state index in [9.17, 15) is 4.79 Å². The normalized spacial score (nSPS) is 25.0. The Morgan fingerprint density at radius 2 is 2.00 bits per heavy atom. The third kappa shape index (κ3) is 2.41. The molecule has 3 heteroatoms. The lowest BCUT2D eigenvalue weighted by molar-refractivity contribution is -0.0712. The molecule has 1 unspecified atom stereocenters. The maximum absolute atomic E-state index is 12.6. The average molecular weight is 247 g/mol. The minimum Gasteiger partial charge on any atom is -0.399 e. The van der Waals surface area contributed by atoms with Gasteiger partial charge in [-0.15, -0.1) is 0 Å². The number of nitrogen functional groups attached to an aromatic ring is 1. The second-order valence-corrected chi connectivity index (χ2v) is 6.21. The van der Waals surface area contributed by atoms with E-state index in [1.165, 1.54) is 0 Å². The fourth-order valence-corrected chi connectivity index (χ4v) is 2.86. The highest BCUT2D eigenvalue weighted by Gasteiger charge is 2.49. The molecule has 1 heterocycles. The highest BCUT2D eigenvalue weighted by Crippen LogP contribution is 2.43. The zero-order valence-electron chi connectivity index (χ0n) is 11.5. The molecule has 0 amide bonds. The molecule has 1 aromatic rings. The molecule has 1 atom stereocenters. The minimum atomic E-state index is -0.425. The molecule has 1 aromatic carbocycles. The van der Waals surface area contributed by atoms with E-state index < -0.39 is 5.60 Å². The van der Waals surface area contributed by atoms with Crippen LogP contribution in [0.4, 0.5) is 5.69 Å². The minimum absolute atomic E-state index is 0.116. The summed E-state index contributed by atoms with van der Waals surface area (Å²) in [4.78, 5) is 12.6. The van der Waals surface area contributed by atoms with Gasteiger partial charge in [0.2, 0.25) is 0 Å². The largest absolute Gasteiger partial charge is 0.399 e. The second kappa shape index (κ2) is 4.09. The van der Waals surface area contributed by atoms with E-state index in [1.807, 2.05) is 39.8 Å². The van der Waals surface area contributed by atoms with Crippen molar-refractivity contribution in [1.82, 2.24) is 0 Å². The number of rotatable bonds is 2. The van der Waals surface area contributed by atoms with Gasteiger partial charge in [-0.1, -0.05) is 12.1 Å². The molecule has 98 valence electrons. The van der Waals surface area contributed by atoms with Gasteiger partial charge >= 0.3 is 0 Å². The Kier molecular flexibility index (Phi) is 2.98. The SMILES string of the molecule is CC1(C)CC(C(=O)c2cccc(N)c2)C(C)(C)O1. The molecule has 0 bridgehead atoms. The molecular formula is C15H21NO2. The lowest BCUT2D eigenvalue weighted by Gasteiger charge is -2.26. The molecule has 18 heavy (non-hydrogen) atoms. The topological polar surface area (TPSA) is 52.3 Å². The maximum Gasteiger partial charge on any atom is 0.168 e. The first kappa shape index (κ1) is 13.1. The van der Waals surface area contributed by atoms with Gasteiger partial charge in [0.05, 0.1) is 17.1 Å². The van der Waals surface area contributed by atoms with Crippen LogP contribution >= 0.6 is 0 Å². The summed E-state index contributed by atoms with van der Waals surface area (Å²) in [6, 6.07) is 7.16. The number of ketones is 1. The third-order valence-electron chi connectivity index (χ3n) is 3.56. The number of carbonyl (C=O) groups excluding carboxylic acids is 1. The van der Waals surface area contributed by atoms with Crippen molar-refractivity contribution in [2.24, 2.45) is 5.92 Å². The molecule has 3 nitrogen and oxygen atoms in total. The Bertz CT molecular complexity index is 477. The molecular weight excluding hydrogens is 226 g/mol. The van der Waals surface area contributed by atoms with Gasteiger partial charge in [-0.3, -0.25) is 4.79 Å². The molecule has 0 aromatic heterocycles. The lowest BCUT2D eigenvalue weighted by Crippen LogP contribution is -2.33. The van der Waals surface area contributed by atoms with Crippen molar-refractivity contribution in [2.45, 2.75) is 45.3 Å². The fourth-order valence-electron chi connectivity index (χ4n) is 2.86. The molecule has 0 aliphatic carbocycles. The second-order valence-electron chi connectivity index (χ2n) is 6.21. The Labute approximate surface area is 108 Å². The number of hydrogen-bond donors (Lipinski definition) is 1. The maximum atomic E-state index is 12.6. The zero-order chi connectivity index (χ0) is 13.6.